The number of carbonyl (C=O) groups is 2. The normalized spacial score (nSPS) is 38.2. The van der Waals surface area contributed by atoms with Gasteiger partial charge in [0.25, 0.3) is 0 Å². The number of hydrogen-bond acceptors (Lipinski definition) is 7. The number of nitrogens with zero attached hydrogens (tertiary/aromatic N) is 3. The summed E-state index contributed by atoms with van der Waals surface area (Å²) in [5, 5.41) is 18.2. The summed E-state index contributed by atoms with van der Waals surface area (Å²) in [5.41, 5.74) is -1.12. The van der Waals surface area contributed by atoms with Crippen molar-refractivity contribution in [1.29, 1.82) is 0 Å². The van der Waals surface area contributed by atoms with Gasteiger partial charge in [-0.1, -0.05) is 19.0 Å². The zero-order chi connectivity index (χ0) is 17.7. The Kier molecular flexibility index (Phi) is 3.36. The molecule has 138 valence electrons. The molecule has 0 radical (unpaired) electrons. The summed E-state index contributed by atoms with van der Waals surface area (Å²) in [4.78, 5) is 27.4. The van der Waals surface area contributed by atoms with Crippen molar-refractivity contribution in [2.24, 2.45) is 11.8 Å². The predicted octanol–water partition coefficient (Wildman–Crippen LogP) is 1.93. The van der Waals surface area contributed by atoms with Gasteiger partial charge in [-0.05, 0) is 36.3 Å². The van der Waals surface area contributed by atoms with Crippen LogP contribution in [0.3, 0.4) is 0 Å². The SMILES string of the molecule is C.C[C@]12O[C@](C)(C[C@@H]1O)[C@H]1C(=O)N(c3ccc(Cl)c4nonc34)C(=O)[C@H]12. The summed E-state index contributed by atoms with van der Waals surface area (Å²) in [5.74, 6) is -2.15. The number of ether oxygens (including phenoxy) is 1. The van der Waals surface area contributed by atoms with Crippen LogP contribution in [0.15, 0.2) is 16.8 Å². The second kappa shape index (κ2) is 5.03. The Morgan fingerprint density at radius 2 is 1.85 bits per heavy atom. The summed E-state index contributed by atoms with van der Waals surface area (Å²) in [6.45, 7) is 3.47. The Morgan fingerprint density at radius 1 is 1.19 bits per heavy atom. The lowest BCUT2D eigenvalue weighted by molar-refractivity contribution is -0.132. The number of imide groups is 1. The van der Waals surface area contributed by atoms with Crippen LogP contribution in [0.25, 0.3) is 11.0 Å². The molecule has 1 N–H and O–H groups in total. The molecule has 1 aromatic carbocycles. The fourth-order valence-electron chi connectivity index (χ4n) is 4.76. The first-order chi connectivity index (χ1) is 11.8. The van der Waals surface area contributed by atoms with Crippen molar-refractivity contribution in [2.75, 3.05) is 4.90 Å². The zero-order valence-electron chi connectivity index (χ0n) is 13.4. The third-order valence-corrected chi connectivity index (χ3v) is 6.19. The molecule has 0 aliphatic carbocycles. The number of halogens is 1. The maximum atomic E-state index is 13.1. The van der Waals surface area contributed by atoms with Gasteiger partial charge in [-0.3, -0.25) is 9.59 Å². The lowest BCUT2D eigenvalue weighted by Gasteiger charge is -2.31. The van der Waals surface area contributed by atoms with Crippen molar-refractivity contribution < 1.29 is 24.1 Å². The van der Waals surface area contributed by atoms with E-state index >= 15 is 0 Å². The van der Waals surface area contributed by atoms with Crippen LogP contribution in [0.1, 0.15) is 27.7 Å². The third-order valence-electron chi connectivity index (χ3n) is 5.88. The monoisotopic (exact) mass is 379 g/mol. The second-order valence-corrected chi connectivity index (χ2v) is 7.72. The first-order valence-corrected chi connectivity index (χ1v) is 8.32. The van der Waals surface area contributed by atoms with Gasteiger partial charge in [-0.15, -0.1) is 0 Å². The molecule has 0 spiro atoms. The van der Waals surface area contributed by atoms with E-state index in [9.17, 15) is 14.7 Å². The van der Waals surface area contributed by atoms with Gasteiger partial charge in [-0.25, -0.2) is 9.53 Å². The van der Waals surface area contributed by atoms with E-state index < -0.39 is 35.0 Å². The number of aliphatic hydroxyl groups excluding tert-OH is 1. The van der Waals surface area contributed by atoms with Crippen LogP contribution in [0.4, 0.5) is 5.69 Å². The standard InChI is InChI=1S/C16H14ClN3O5.CH4/c1-15-5-8(21)16(2,24-15)10-9(15)13(22)20(14(10)23)7-4-3-6(17)11-12(7)19-25-18-11;/h3-4,8-10,21H,5H2,1-2H3;1H4/t8-,9+,10-,15+,16-;/m0./s1. The van der Waals surface area contributed by atoms with Crippen LogP contribution in [-0.4, -0.2) is 44.5 Å². The fraction of sp³-hybridized carbons (Fsp3) is 0.529. The van der Waals surface area contributed by atoms with E-state index in [-0.39, 0.29) is 30.1 Å². The van der Waals surface area contributed by atoms with E-state index in [4.69, 9.17) is 21.0 Å². The predicted molar refractivity (Wildman–Crippen MR) is 91.5 cm³/mol. The Bertz CT molecular complexity index is 961. The molecule has 3 aliphatic rings. The van der Waals surface area contributed by atoms with Gasteiger partial charge in [0, 0.05) is 6.42 Å². The highest BCUT2D eigenvalue weighted by atomic mass is 35.5. The Balaban J connectivity index is 0.00000168. The first kappa shape index (κ1) is 17.4. The molecule has 3 aliphatic heterocycles. The fourth-order valence-corrected chi connectivity index (χ4v) is 4.95. The molecule has 2 aromatic rings. The number of aliphatic hydroxyl groups is 1. The van der Waals surface area contributed by atoms with Gasteiger partial charge in [-0.2, -0.15) is 0 Å². The average molecular weight is 380 g/mol. The highest BCUT2D eigenvalue weighted by Gasteiger charge is 2.75. The molecule has 0 saturated carbocycles. The lowest BCUT2D eigenvalue weighted by atomic mass is 9.67. The van der Waals surface area contributed by atoms with Gasteiger partial charge in [0.15, 0.2) is 11.0 Å². The van der Waals surface area contributed by atoms with Crippen molar-refractivity contribution in [3.63, 3.8) is 0 Å². The van der Waals surface area contributed by atoms with Crippen LogP contribution < -0.4 is 4.90 Å². The van der Waals surface area contributed by atoms with Crippen LogP contribution in [-0.2, 0) is 14.3 Å². The summed E-state index contributed by atoms with van der Waals surface area (Å²) in [6.07, 6.45) is -0.478. The van der Waals surface area contributed by atoms with Gasteiger partial charge in [0.2, 0.25) is 11.8 Å². The summed E-state index contributed by atoms with van der Waals surface area (Å²) < 4.78 is 10.7. The maximum absolute atomic E-state index is 13.1. The number of benzene rings is 1. The molecule has 5 rings (SSSR count). The summed E-state index contributed by atoms with van der Waals surface area (Å²) in [6, 6.07) is 3.09. The van der Waals surface area contributed by atoms with Crippen molar-refractivity contribution >= 4 is 40.1 Å². The molecule has 0 unspecified atom stereocenters. The maximum Gasteiger partial charge on any atom is 0.240 e. The Hall–Kier alpha value is -2.03. The molecular weight excluding hydrogens is 362 g/mol. The second-order valence-electron chi connectivity index (χ2n) is 7.31. The van der Waals surface area contributed by atoms with Crippen molar-refractivity contribution in [1.82, 2.24) is 10.3 Å². The van der Waals surface area contributed by atoms with Crippen molar-refractivity contribution in [2.45, 2.75) is 45.0 Å². The molecule has 9 heteroatoms. The van der Waals surface area contributed by atoms with Gasteiger partial charge >= 0.3 is 0 Å². The first-order valence-electron chi connectivity index (χ1n) is 7.95. The van der Waals surface area contributed by atoms with Gasteiger partial charge < -0.3 is 9.84 Å². The molecule has 26 heavy (non-hydrogen) atoms. The molecule has 1 aromatic heterocycles. The number of aromatic nitrogens is 2. The van der Waals surface area contributed by atoms with E-state index in [0.29, 0.717) is 11.4 Å². The number of anilines is 1. The third kappa shape index (κ3) is 1.77. The minimum atomic E-state index is -1.07. The molecule has 2 amide bonds. The number of fused-ring (bicyclic) bond motifs is 6. The minimum Gasteiger partial charge on any atom is -0.390 e. The van der Waals surface area contributed by atoms with Gasteiger partial charge in [0.1, 0.15) is 5.60 Å². The smallest absolute Gasteiger partial charge is 0.240 e. The van der Waals surface area contributed by atoms with Crippen LogP contribution in [0, 0.1) is 11.8 Å². The lowest BCUT2D eigenvalue weighted by Crippen LogP contribution is -2.49. The largest absolute Gasteiger partial charge is 0.390 e. The number of amides is 2. The van der Waals surface area contributed by atoms with E-state index in [2.05, 4.69) is 10.3 Å². The average Bonchev–Trinajstić information content (AvgIpc) is 3.22. The number of rotatable bonds is 1. The highest BCUT2D eigenvalue weighted by Crippen LogP contribution is 2.61. The molecule has 5 atom stereocenters. The molecule has 3 fully saturated rings. The number of hydrogen-bond donors (Lipinski definition) is 1. The zero-order valence-corrected chi connectivity index (χ0v) is 14.1. The van der Waals surface area contributed by atoms with E-state index in [1.807, 2.05) is 0 Å². The van der Waals surface area contributed by atoms with Crippen LogP contribution in [0.2, 0.25) is 5.02 Å². The summed E-state index contributed by atoms with van der Waals surface area (Å²) in [7, 11) is 0. The Morgan fingerprint density at radius 3 is 2.58 bits per heavy atom. The van der Waals surface area contributed by atoms with E-state index in [0.717, 1.165) is 4.90 Å². The molecule has 4 heterocycles. The van der Waals surface area contributed by atoms with E-state index in [1.54, 1.807) is 26.0 Å². The minimum absolute atomic E-state index is 0. The van der Waals surface area contributed by atoms with Gasteiger partial charge in [0.05, 0.1) is 34.3 Å². The molecule has 3 saturated heterocycles. The highest BCUT2D eigenvalue weighted by molar-refractivity contribution is 6.36. The molecule has 2 bridgehead atoms. The van der Waals surface area contributed by atoms with E-state index in [1.165, 1.54) is 0 Å². The molecule has 8 nitrogen and oxygen atoms in total. The van der Waals surface area contributed by atoms with Crippen LogP contribution >= 0.6 is 11.6 Å². The topological polar surface area (TPSA) is 106 Å². The summed E-state index contributed by atoms with van der Waals surface area (Å²) >= 11 is 6.06. The van der Waals surface area contributed by atoms with Crippen molar-refractivity contribution in [3.05, 3.63) is 17.2 Å². The number of carbonyl (C=O) groups excluding carboxylic acids is 2. The molecular formula is C17H18ClN3O5. The quantitative estimate of drug-likeness (QED) is 0.754. The Labute approximate surface area is 154 Å². The van der Waals surface area contributed by atoms with Crippen LogP contribution in [0.5, 0.6) is 0 Å². The van der Waals surface area contributed by atoms with Crippen molar-refractivity contribution in [3.8, 4) is 0 Å².